The van der Waals surface area contributed by atoms with Crippen LogP contribution in [0.25, 0.3) is 0 Å². The molecule has 0 atom stereocenters. The van der Waals surface area contributed by atoms with Gasteiger partial charge in [0.15, 0.2) is 0 Å². The molecule has 124 valence electrons. The molecule has 0 saturated carbocycles. The van der Waals surface area contributed by atoms with E-state index in [1.165, 1.54) is 5.56 Å². The van der Waals surface area contributed by atoms with Crippen LogP contribution >= 0.6 is 0 Å². The van der Waals surface area contributed by atoms with Crippen molar-refractivity contribution in [1.29, 1.82) is 0 Å². The topological polar surface area (TPSA) is 56.4 Å². The first kappa shape index (κ1) is 16.1. The fourth-order valence-corrected chi connectivity index (χ4v) is 2.67. The molecular weight excluding hydrogens is 300 g/mol. The van der Waals surface area contributed by atoms with Crippen molar-refractivity contribution in [2.45, 2.75) is 19.3 Å². The summed E-state index contributed by atoms with van der Waals surface area (Å²) < 4.78 is 0. The van der Waals surface area contributed by atoms with E-state index in [9.17, 15) is 4.79 Å². The minimum Gasteiger partial charge on any atom is -0.322 e. The molecule has 5 heteroatoms. The maximum Gasteiger partial charge on any atom is 0.255 e. The van der Waals surface area contributed by atoms with Gasteiger partial charge in [0, 0.05) is 18.3 Å². The third-order valence-corrected chi connectivity index (χ3v) is 4.07. The number of hydrogen-bond acceptors (Lipinski definition) is 4. The van der Waals surface area contributed by atoms with Crippen molar-refractivity contribution in [3.05, 3.63) is 66.2 Å². The zero-order valence-corrected chi connectivity index (χ0v) is 13.8. The van der Waals surface area contributed by atoms with Gasteiger partial charge < -0.3 is 10.7 Å². The highest BCUT2D eigenvalue weighted by Crippen LogP contribution is 2.29. The minimum atomic E-state index is -0.113. The molecule has 3 N–H and O–H groups in total. The molecule has 0 radical (unpaired) electrons. The number of hydrogen-bond donors (Lipinski definition) is 3. The van der Waals surface area contributed by atoms with E-state index < -0.39 is 0 Å². The van der Waals surface area contributed by atoms with Crippen molar-refractivity contribution in [3.8, 4) is 0 Å². The van der Waals surface area contributed by atoms with Gasteiger partial charge in [-0.3, -0.25) is 9.80 Å². The molecule has 0 saturated heterocycles. The fraction of sp³-hybridized carbons (Fsp3) is 0.211. The predicted octanol–water partition coefficient (Wildman–Crippen LogP) is 3.73. The number of carbonyl (C=O) groups is 1. The number of nitrogens with one attached hydrogen (secondary N) is 3. The quantitative estimate of drug-likeness (QED) is 0.560. The van der Waals surface area contributed by atoms with E-state index in [2.05, 4.69) is 35.0 Å². The van der Waals surface area contributed by atoms with Gasteiger partial charge in [-0.15, -0.1) is 12.1 Å². The van der Waals surface area contributed by atoms with Crippen LogP contribution < -0.4 is 21.3 Å². The molecule has 0 aromatic heterocycles. The van der Waals surface area contributed by atoms with Crippen molar-refractivity contribution in [2.24, 2.45) is 0 Å². The van der Waals surface area contributed by atoms with Crippen molar-refractivity contribution in [2.75, 3.05) is 22.8 Å². The molecule has 0 bridgehead atoms. The number of nitrogens with zero attached hydrogens (tertiary/aromatic N) is 1. The average Bonchev–Trinajstić information content (AvgIpc) is 2.97. The molecule has 1 heterocycles. The van der Waals surface area contributed by atoms with Crippen LogP contribution in [0.1, 0.15) is 28.8 Å². The number of amides is 1. The maximum absolute atomic E-state index is 12.4. The molecular formula is C19H22N4O. The molecule has 0 unspecified atom stereocenters. The average molecular weight is 322 g/mol. The summed E-state index contributed by atoms with van der Waals surface area (Å²) in [7, 11) is 1.89. The number of unbranched alkanes of at least 4 members (excludes halogenated alkanes) is 1. The Labute approximate surface area is 142 Å². The van der Waals surface area contributed by atoms with E-state index in [4.69, 9.17) is 0 Å². The van der Waals surface area contributed by atoms with E-state index in [0.29, 0.717) is 5.56 Å². The van der Waals surface area contributed by atoms with E-state index in [1.807, 2.05) is 48.5 Å². The number of rotatable bonds is 6. The second-order valence-corrected chi connectivity index (χ2v) is 5.86. The van der Waals surface area contributed by atoms with Crippen LogP contribution in [0.3, 0.4) is 0 Å². The van der Waals surface area contributed by atoms with E-state index in [0.717, 1.165) is 36.3 Å². The van der Waals surface area contributed by atoms with Gasteiger partial charge in [0.05, 0.1) is 11.4 Å². The van der Waals surface area contributed by atoms with E-state index in [-0.39, 0.29) is 5.91 Å². The number of allylic oxidation sites excluding steroid dienone is 1. The van der Waals surface area contributed by atoms with Crippen LogP contribution in [-0.4, -0.2) is 13.0 Å². The molecule has 1 amide bonds. The van der Waals surface area contributed by atoms with Crippen LogP contribution in [0.4, 0.5) is 17.1 Å². The van der Waals surface area contributed by atoms with Gasteiger partial charge >= 0.3 is 0 Å². The molecule has 1 aliphatic rings. The SMILES string of the molecule is C=CCCCc1ccc(NC(=O)c2ccc3c(c2)N(C)NN3)cc1. The number of hydrazine groups is 2. The van der Waals surface area contributed by atoms with Gasteiger partial charge in [-0.05, 0) is 55.2 Å². The summed E-state index contributed by atoms with van der Waals surface area (Å²) in [6, 6.07) is 13.6. The normalized spacial score (nSPS) is 12.5. The summed E-state index contributed by atoms with van der Waals surface area (Å²) in [6.07, 6.45) is 5.08. The molecule has 0 fully saturated rings. The third-order valence-electron chi connectivity index (χ3n) is 4.07. The first-order valence-corrected chi connectivity index (χ1v) is 8.08. The van der Waals surface area contributed by atoms with E-state index >= 15 is 0 Å². The number of benzene rings is 2. The highest BCUT2D eigenvalue weighted by atomic mass is 16.1. The molecule has 3 rings (SSSR count). The lowest BCUT2D eigenvalue weighted by molar-refractivity contribution is 0.102. The standard InChI is InChI=1S/C19H22N4O/c1-3-4-5-6-14-7-10-16(11-8-14)20-19(24)15-9-12-17-18(13-15)23(2)22-21-17/h3,7-13,21-22H,1,4-6H2,2H3,(H,20,24). The molecule has 1 aliphatic heterocycles. The summed E-state index contributed by atoms with van der Waals surface area (Å²) in [5.74, 6) is -0.113. The largest absolute Gasteiger partial charge is 0.322 e. The molecule has 0 spiro atoms. The Hall–Kier alpha value is -2.79. The Bertz CT molecular complexity index is 740. The molecule has 24 heavy (non-hydrogen) atoms. The zero-order valence-electron chi connectivity index (χ0n) is 13.8. The molecule has 5 nitrogen and oxygen atoms in total. The second-order valence-electron chi connectivity index (χ2n) is 5.86. The second kappa shape index (κ2) is 7.19. The number of anilines is 3. The highest BCUT2D eigenvalue weighted by molar-refractivity contribution is 6.05. The summed E-state index contributed by atoms with van der Waals surface area (Å²) in [5, 5.41) is 4.78. The van der Waals surface area contributed by atoms with Crippen LogP contribution in [-0.2, 0) is 6.42 Å². The molecule has 0 aliphatic carbocycles. The monoisotopic (exact) mass is 322 g/mol. The Morgan fingerprint density at radius 2 is 2.04 bits per heavy atom. The van der Waals surface area contributed by atoms with Gasteiger partial charge in [0.25, 0.3) is 5.91 Å². The first-order chi connectivity index (χ1) is 11.7. The minimum absolute atomic E-state index is 0.113. The van der Waals surface area contributed by atoms with Gasteiger partial charge in [-0.25, -0.2) is 0 Å². The fourth-order valence-electron chi connectivity index (χ4n) is 2.67. The van der Waals surface area contributed by atoms with Crippen molar-refractivity contribution < 1.29 is 4.79 Å². The third kappa shape index (κ3) is 3.58. The zero-order chi connectivity index (χ0) is 16.9. The van der Waals surface area contributed by atoms with Crippen LogP contribution in [0.15, 0.2) is 55.1 Å². The predicted molar refractivity (Wildman–Crippen MR) is 99.1 cm³/mol. The Morgan fingerprint density at radius 1 is 1.25 bits per heavy atom. The van der Waals surface area contributed by atoms with Crippen molar-refractivity contribution in [3.63, 3.8) is 0 Å². The first-order valence-electron chi connectivity index (χ1n) is 8.08. The number of fused-ring (bicyclic) bond motifs is 1. The van der Waals surface area contributed by atoms with Crippen LogP contribution in [0.5, 0.6) is 0 Å². The summed E-state index contributed by atoms with van der Waals surface area (Å²) in [5.41, 5.74) is 10.6. The summed E-state index contributed by atoms with van der Waals surface area (Å²) in [4.78, 5) is 12.4. The van der Waals surface area contributed by atoms with Crippen molar-refractivity contribution in [1.82, 2.24) is 5.53 Å². The van der Waals surface area contributed by atoms with Gasteiger partial charge in [-0.1, -0.05) is 18.2 Å². The van der Waals surface area contributed by atoms with Crippen LogP contribution in [0, 0.1) is 0 Å². The lowest BCUT2D eigenvalue weighted by Crippen LogP contribution is -2.31. The number of carbonyl (C=O) groups excluding carboxylic acids is 1. The summed E-state index contributed by atoms with van der Waals surface area (Å²) in [6.45, 7) is 3.74. The van der Waals surface area contributed by atoms with E-state index in [1.54, 1.807) is 0 Å². The Morgan fingerprint density at radius 3 is 2.79 bits per heavy atom. The molecule has 2 aromatic carbocycles. The van der Waals surface area contributed by atoms with Gasteiger partial charge in [0.1, 0.15) is 0 Å². The van der Waals surface area contributed by atoms with Crippen molar-refractivity contribution >= 4 is 23.0 Å². The summed E-state index contributed by atoms with van der Waals surface area (Å²) >= 11 is 0. The molecule has 2 aromatic rings. The highest BCUT2D eigenvalue weighted by Gasteiger charge is 2.17. The Balaban J connectivity index is 1.64. The van der Waals surface area contributed by atoms with Crippen LogP contribution in [0.2, 0.25) is 0 Å². The lowest BCUT2D eigenvalue weighted by atomic mass is 10.1. The smallest absolute Gasteiger partial charge is 0.255 e. The Kier molecular flexibility index (Phi) is 4.82. The lowest BCUT2D eigenvalue weighted by Gasteiger charge is -2.11. The van der Waals surface area contributed by atoms with Gasteiger partial charge in [0.2, 0.25) is 0 Å². The van der Waals surface area contributed by atoms with Gasteiger partial charge in [-0.2, -0.15) is 0 Å². The maximum atomic E-state index is 12.4. The number of aryl methyl sites for hydroxylation is 1.